The number of azo groups is 1. The standard InChI is InChI=1S/C22H25Cl2N3O6/c1-6-32-18-8-13(23)9-19(33-7-2)21(18)25-22(29)20(12(3)28)27-26-15-11-17(31-5)16(30-4)10-14(15)24/h8-11,20H,6-7H2,1-5H3,(H,25,29). The van der Waals surface area contributed by atoms with Crippen molar-refractivity contribution >= 4 is 46.3 Å². The maximum atomic E-state index is 13.0. The SMILES string of the molecule is CCOc1cc(Cl)cc(OCC)c1NC(=O)C(N=Nc1cc(OC)c(OC)cc1Cl)C(C)=O. The summed E-state index contributed by atoms with van der Waals surface area (Å²) in [6, 6.07) is 4.61. The maximum Gasteiger partial charge on any atom is 0.259 e. The van der Waals surface area contributed by atoms with Crippen molar-refractivity contribution in [3.05, 3.63) is 34.3 Å². The molecule has 2 aromatic rings. The first-order valence-electron chi connectivity index (χ1n) is 9.98. The summed E-state index contributed by atoms with van der Waals surface area (Å²) in [5, 5.41) is 11.1. The van der Waals surface area contributed by atoms with Crippen LogP contribution >= 0.6 is 23.2 Å². The highest BCUT2D eigenvalue weighted by molar-refractivity contribution is 6.33. The van der Waals surface area contributed by atoms with E-state index in [1.54, 1.807) is 13.8 Å². The molecule has 0 bridgehead atoms. The predicted molar refractivity (Wildman–Crippen MR) is 126 cm³/mol. The van der Waals surface area contributed by atoms with Crippen LogP contribution in [0.4, 0.5) is 11.4 Å². The van der Waals surface area contributed by atoms with E-state index in [9.17, 15) is 9.59 Å². The Balaban J connectivity index is 2.39. The molecule has 0 radical (unpaired) electrons. The van der Waals surface area contributed by atoms with E-state index in [0.717, 1.165) is 0 Å². The summed E-state index contributed by atoms with van der Waals surface area (Å²) in [6.07, 6.45) is 0. The van der Waals surface area contributed by atoms with Crippen molar-refractivity contribution in [1.82, 2.24) is 0 Å². The lowest BCUT2D eigenvalue weighted by molar-refractivity contribution is -0.126. The van der Waals surface area contributed by atoms with Gasteiger partial charge in [0.15, 0.2) is 17.3 Å². The van der Waals surface area contributed by atoms with Crippen LogP contribution in [0.5, 0.6) is 23.0 Å². The molecule has 0 saturated carbocycles. The number of ketones is 1. The van der Waals surface area contributed by atoms with Crippen LogP contribution in [-0.2, 0) is 9.59 Å². The molecular weight excluding hydrogens is 473 g/mol. The first-order chi connectivity index (χ1) is 15.7. The topological polar surface area (TPSA) is 108 Å². The van der Waals surface area contributed by atoms with Crippen LogP contribution < -0.4 is 24.3 Å². The third kappa shape index (κ3) is 6.72. The highest BCUT2D eigenvalue weighted by atomic mass is 35.5. The smallest absolute Gasteiger partial charge is 0.259 e. The zero-order valence-electron chi connectivity index (χ0n) is 18.9. The van der Waals surface area contributed by atoms with Crippen molar-refractivity contribution in [2.24, 2.45) is 10.2 Å². The molecule has 0 aromatic heterocycles. The number of carbonyl (C=O) groups is 2. The number of benzene rings is 2. The molecule has 2 rings (SSSR count). The maximum absolute atomic E-state index is 13.0. The molecular formula is C22H25Cl2N3O6. The van der Waals surface area contributed by atoms with Crippen LogP contribution in [0.3, 0.4) is 0 Å². The highest BCUT2D eigenvalue weighted by Gasteiger charge is 2.26. The van der Waals surface area contributed by atoms with E-state index >= 15 is 0 Å². The van der Waals surface area contributed by atoms with Crippen molar-refractivity contribution in [2.75, 3.05) is 32.8 Å². The van der Waals surface area contributed by atoms with Crippen LogP contribution in [0.1, 0.15) is 20.8 Å². The Morgan fingerprint density at radius 1 is 0.939 bits per heavy atom. The van der Waals surface area contributed by atoms with Gasteiger partial charge in [-0.15, -0.1) is 0 Å². The lowest BCUT2D eigenvalue weighted by Gasteiger charge is -2.17. The Labute approximate surface area is 202 Å². The molecule has 11 heteroatoms. The average molecular weight is 498 g/mol. The fourth-order valence-corrected chi connectivity index (χ4v) is 3.16. The number of methoxy groups -OCH3 is 2. The first-order valence-corrected chi connectivity index (χ1v) is 10.7. The molecule has 0 heterocycles. The van der Waals surface area contributed by atoms with Gasteiger partial charge in [0, 0.05) is 29.3 Å². The van der Waals surface area contributed by atoms with Crippen LogP contribution in [0.2, 0.25) is 10.0 Å². The van der Waals surface area contributed by atoms with E-state index in [-0.39, 0.29) is 16.4 Å². The lowest BCUT2D eigenvalue weighted by Crippen LogP contribution is -2.32. The molecule has 0 aliphatic heterocycles. The minimum Gasteiger partial charge on any atom is -0.493 e. The summed E-state index contributed by atoms with van der Waals surface area (Å²) in [5.41, 5.74) is 0.434. The molecule has 0 fully saturated rings. The third-order valence-corrected chi connectivity index (χ3v) is 4.77. The van der Waals surface area contributed by atoms with Crippen LogP contribution in [-0.4, -0.2) is 45.2 Å². The Bertz CT molecular complexity index is 1020. The molecule has 178 valence electrons. The van der Waals surface area contributed by atoms with Gasteiger partial charge in [-0.2, -0.15) is 10.2 Å². The second kappa shape index (κ2) is 12.3. The van der Waals surface area contributed by atoms with Gasteiger partial charge in [0.1, 0.15) is 22.9 Å². The van der Waals surface area contributed by atoms with Crippen molar-refractivity contribution in [3.63, 3.8) is 0 Å². The fourth-order valence-electron chi connectivity index (χ4n) is 2.77. The van der Waals surface area contributed by atoms with E-state index in [0.29, 0.717) is 41.2 Å². The fraction of sp³-hybridized carbons (Fsp3) is 0.364. The van der Waals surface area contributed by atoms with Gasteiger partial charge in [0.05, 0.1) is 32.5 Å². The van der Waals surface area contributed by atoms with Gasteiger partial charge in [-0.3, -0.25) is 9.59 Å². The number of amides is 1. The predicted octanol–water partition coefficient (Wildman–Crippen LogP) is 5.49. The van der Waals surface area contributed by atoms with Gasteiger partial charge < -0.3 is 24.3 Å². The third-order valence-electron chi connectivity index (χ3n) is 4.25. The molecule has 1 atom stereocenters. The van der Waals surface area contributed by atoms with E-state index in [2.05, 4.69) is 15.5 Å². The lowest BCUT2D eigenvalue weighted by atomic mass is 10.2. The number of nitrogens with zero attached hydrogens (tertiary/aromatic N) is 2. The van der Waals surface area contributed by atoms with Crippen molar-refractivity contribution in [1.29, 1.82) is 0 Å². The minimum atomic E-state index is -1.45. The van der Waals surface area contributed by atoms with Gasteiger partial charge >= 0.3 is 0 Å². The van der Waals surface area contributed by atoms with Gasteiger partial charge in [-0.05, 0) is 20.8 Å². The van der Waals surface area contributed by atoms with Crippen LogP contribution in [0, 0.1) is 0 Å². The van der Waals surface area contributed by atoms with Gasteiger partial charge in [-0.1, -0.05) is 23.2 Å². The Morgan fingerprint density at radius 3 is 1.97 bits per heavy atom. The normalized spacial score (nSPS) is 11.7. The second-order valence-corrected chi connectivity index (χ2v) is 7.36. The number of Topliss-reactive ketones (excluding diaryl/α,β-unsaturated/α-hetero) is 1. The molecule has 0 aliphatic carbocycles. The summed E-state index contributed by atoms with van der Waals surface area (Å²) >= 11 is 12.3. The van der Waals surface area contributed by atoms with E-state index < -0.39 is 17.7 Å². The van der Waals surface area contributed by atoms with E-state index in [1.165, 1.54) is 45.4 Å². The van der Waals surface area contributed by atoms with E-state index in [1.807, 2.05) is 0 Å². The molecule has 2 aromatic carbocycles. The quantitative estimate of drug-likeness (QED) is 0.324. The summed E-state index contributed by atoms with van der Waals surface area (Å²) in [5.74, 6) is 0.0956. The molecule has 0 saturated heterocycles. The second-order valence-electron chi connectivity index (χ2n) is 6.52. The monoisotopic (exact) mass is 497 g/mol. The van der Waals surface area contributed by atoms with Gasteiger partial charge in [0.25, 0.3) is 5.91 Å². The zero-order chi connectivity index (χ0) is 24.5. The Hall–Kier alpha value is -3.04. The Kier molecular flexibility index (Phi) is 9.74. The first kappa shape index (κ1) is 26.2. The van der Waals surface area contributed by atoms with Crippen LogP contribution in [0.15, 0.2) is 34.5 Å². The van der Waals surface area contributed by atoms with Gasteiger partial charge in [0.2, 0.25) is 6.04 Å². The van der Waals surface area contributed by atoms with Gasteiger partial charge in [-0.25, -0.2) is 0 Å². The summed E-state index contributed by atoms with van der Waals surface area (Å²) < 4.78 is 21.6. The Morgan fingerprint density at radius 2 is 1.48 bits per heavy atom. The largest absolute Gasteiger partial charge is 0.493 e. The molecule has 33 heavy (non-hydrogen) atoms. The van der Waals surface area contributed by atoms with Crippen molar-refractivity contribution in [2.45, 2.75) is 26.8 Å². The molecule has 1 unspecified atom stereocenters. The molecule has 0 spiro atoms. The van der Waals surface area contributed by atoms with E-state index in [4.69, 9.17) is 42.1 Å². The molecule has 0 aliphatic rings. The number of anilines is 1. The minimum absolute atomic E-state index is 0.199. The zero-order valence-corrected chi connectivity index (χ0v) is 20.4. The average Bonchev–Trinajstić information content (AvgIpc) is 2.76. The number of nitrogens with one attached hydrogen (secondary N) is 1. The summed E-state index contributed by atoms with van der Waals surface area (Å²) in [6.45, 7) is 5.44. The molecule has 1 amide bonds. The number of rotatable bonds is 11. The number of hydrogen-bond acceptors (Lipinski definition) is 8. The molecule has 9 nitrogen and oxygen atoms in total. The number of halogens is 2. The summed E-state index contributed by atoms with van der Waals surface area (Å²) in [7, 11) is 2.92. The summed E-state index contributed by atoms with van der Waals surface area (Å²) in [4.78, 5) is 25.2. The van der Waals surface area contributed by atoms with Crippen molar-refractivity contribution < 1.29 is 28.5 Å². The molecule has 1 N–H and O–H groups in total. The number of carbonyl (C=O) groups excluding carboxylic acids is 2. The highest BCUT2D eigenvalue weighted by Crippen LogP contribution is 2.39. The number of ether oxygens (including phenoxy) is 4. The van der Waals surface area contributed by atoms with Crippen LogP contribution in [0.25, 0.3) is 0 Å². The van der Waals surface area contributed by atoms with Crippen molar-refractivity contribution in [3.8, 4) is 23.0 Å². The number of hydrogen-bond donors (Lipinski definition) is 1.